The zero-order chi connectivity index (χ0) is 17.1. The predicted octanol–water partition coefficient (Wildman–Crippen LogP) is 2.11. The number of pyridine rings is 1. The van der Waals surface area contributed by atoms with Crippen LogP contribution in [0.3, 0.4) is 0 Å². The molecule has 0 atom stereocenters. The highest BCUT2D eigenvalue weighted by Gasteiger charge is 2.22. The van der Waals surface area contributed by atoms with E-state index >= 15 is 0 Å². The Kier molecular flexibility index (Phi) is 4.85. The van der Waals surface area contributed by atoms with Gasteiger partial charge in [-0.25, -0.2) is 4.79 Å². The number of aromatic amines is 1. The number of fused-ring (bicyclic) bond motifs is 1. The first-order valence-electron chi connectivity index (χ1n) is 8.33. The van der Waals surface area contributed by atoms with E-state index in [1.54, 1.807) is 4.90 Å². The Morgan fingerprint density at radius 3 is 2.67 bits per heavy atom. The van der Waals surface area contributed by atoms with Crippen molar-refractivity contribution >= 4 is 17.0 Å². The highest BCUT2D eigenvalue weighted by Crippen LogP contribution is 2.15. The predicted molar refractivity (Wildman–Crippen MR) is 93.2 cm³/mol. The minimum absolute atomic E-state index is 0.0424. The Balaban J connectivity index is 1.69. The van der Waals surface area contributed by atoms with Crippen molar-refractivity contribution < 1.29 is 9.53 Å². The number of amides is 1. The molecule has 3 rings (SSSR count). The van der Waals surface area contributed by atoms with Gasteiger partial charge in [-0.05, 0) is 37.4 Å². The molecule has 1 aromatic heterocycles. The standard InChI is InChI=1S/C18H23N3O3/c1-3-24-18(23)21-8-6-20(7-9-21)12-15-11-14-10-13(2)4-5-16(14)19-17(15)22/h4-5,10-11H,3,6-9,12H2,1-2H3,(H,19,22). The van der Waals surface area contributed by atoms with Crippen LogP contribution in [0, 0.1) is 6.92 Å². The van der Waals surface area contributed by atoms with Crippen molar-refractivity contribution in [3.05, 3.63) is 45.7 Å². The van der Waals surface area contributed by atoms with Crippen molar-refractivity contribution in [1.82, 2.24) is 14.8 Å². The van der Waals surface area contributed by atoms with Gasteiger partial charge in [0, 0.05) is 43.8 Å². The van der Waals surface area contributed by atoms with Crippen LogP contribution >= 0.6 is 0 Å². The molecule has 2 heterocycles. The van der Waals surface area contributed by atoms with Crippen LogP contribution in [0.25, 0.3) is 10.9 Å². The van der Waals surface area contributed by atoms with Gasteiger partial charge >= 0.3 is 6.09 Å². The summed E-state index contributed by atoms with van der Waals surface area (Å²) in [6, 6.07) is 7.98. The van der Waals surface area contributed by atoms with Crippen LogP contribution in [-0.2, 0) is 11.3 Å². The van der Waals surface area contributed by atoms with Gasteiger partial charge in [-0.15, -0.1) is 0 Å². The number of carbonyl (C=O) groups is 1. The van der Waals surface area contributed by atoms with E-state index in [0.29, 0.717) is 26.2 Å². The molecule has 1 aliphatic heterocycles. The molecular weight excluding hydrogens is 306 g/mol. The van der Waals surface area contributed by atoms with Crippen LogP contribution < -0.4 is 5.56 Å². The van der Waals surface area contributed by atoms with E-state index in [1.165, 1.54) is 5.56 Å². The Morgan fingerprint density at radius 1 is 1.21 bits per heavy atom. The van der Waals surface area contributed by atoms with Crippen molar-refractivity contribution in [2.24, 2.45) is 0 Å². The average molecular weight is 329 g/mol. The first-order valence-corrected chi connectivity index (χ1v) is 8.33. The molecule has 128 valence electrons. The number of aromatic nitrogens is 1. The van der Waals surface area contributed by atoms with Crippen LogP contribution in [0.5, 0.6) is 0 Å². The summed E-state index contributed by atoms with van der Waals surface area (Å²) in [4.78, 5) is 30.9. The van der Waals surface area contributed by atoms with E-state index in [4.69, 9.17) is 4.74 Å². The number of carbonyl (C=O) groups excluding carboxylic acids is 1. The topological polar surface area (TPSA) is 65.6 Å². The van der Waals surface area contributed by atoms with Crippen molar-refractivity contribution in [2.75, 3.05) is 32.8 Å². The minimum atomic E-state index is -0.254. The van der Waals surface area contributed by atoms with Crippen molar-refractivity contribution in [3.8, 4) is 0 Å². The summed E-state index contributed by atoms with van der Waals surface area (Å²) < 4.78 is 5.03. The number of benzene rings is 1. The van der Waals surface area contributed by atoms with Gasteiger partial charge in [0.1, 0.15) is 0 Å². The molecule has 0 spiro atoms. The summed E-state index contributed by atoms with van der Waals surface area (Å²) in [7, 11) is 0. The van der Waals surface area contributed by atoms with Crippen LogP contribution in [-0.4, -0.2) is 53.7 Å². The Labute approximate surface area is 141 Å². The molecule has 0 aliphatic carbocycles. The van der Waals surface area contributed by atoms with Gasteiger partial charge in [0.2, 0.25) is 0 Å². The number of hydrogen-bond donors (Lipinski definition) is 1. The number of ether oxygens (including phenoxy) is 1. The maximum Gasteiger partial charge on any atom is 0.409 e. The van der Waals surface area contributed by atoms with E-state index in [0.717, 1.165) is 29.6 Å². The second-order valence-corrected chi connectivity index (χ2v) is 6.18. The molecule has 1 N–H and O–H groups in total. The SMILES string of the molecule is CCOC(=O)N1CCN(Cc2cc3cc(C)ccc3[nH]c2=O)CC1. The molecule has 1 saturated heterocycles. The summed E-state index contributed by atoms with van der Waals surface area (Å²) in [6.07, 6.45) is -0.254. The number of piperazine rings is 1. The number of H-pyrrole nitrogens is 1. The third kappa shape index (κ3) is 3.59. The number of nitrogens with zero attached hydrogens (tertiary/aromatic N) is 2. The van der Waals surface area contributed by atoms with Crippen molar-refractivity contribution in [3.63, 3.8) is 0 Å². The maximum absolute atomic E-state index is 12.3. The van der Waals surface area contributed by atoms with Crippen molar-refractivity contribution in [2.45, 2.75) is 20.4 Å². The maximum atomic E-state index is 12.3. The summed E-state index contributed by atoms with van der Waals surface area (Å²) >= 11 is 0. The molecule has 0 unspecified atom stereocenters. The smallest absolute Gasteiger partial charge is 0.409 e. The Morgan fingerprint density at radius 2 is 1.96 bits per heavy atom. The molecule has 1 amide bonds. The second-order valence-electron chi connectivity index (χ2n) is 6.18. The zero-order valence-corrected chi connectivity index (χ0v) is 14.2. The molecule has 2 aromatic rings. The molecule has 0 saturated carbocycles. The summed E-state index contributed by atoms with van der Waals surface area (Å²) in [6.45, 7) is 7.57. The largest absolute Gasteiger partial charge is 0.450 e. The molecular formula is C18H23N3O3. The lowest BCUT2D eigenvalue weighted by Gasteiger charge is -2.33. The number of aryl methyl sites for hydroxylation is 1. The third-order valence-electron chi connectivity index (χ3n) is 4.37. The van der Waals surface area contributed by atoms with Gasteiger partial charge in [-0.3, -0.25) is 9.69 Å². The van der Waals surface area contributed by atoms with Crippen LogP contribution in [0.2, 0.25) is 0 Å². The third-order valence-corrected chi connectivity index (χ3v) is 4.37. The summed E-state index contributed by atoms with van der Waals surface area (Å²) in [5.41, 5.74) is 2.75. The number of rotatable bonds is 3. The van der Waals surface area contributed by atoms with Gasteiger partial charge < -0.3 is 14.6 Å². The first-order chi connectivity index (χ1) is 11.6. The zero-order valence-electron chi connectivity index (χ0n) is 14.2. The molecule has 0 radical (unpaired) electrons. The second kappa shape index (κ2) is 7.05. The molecule has 1 aliphatic rings. The highest BCUT2D eigenvalue weighted by molar-refractivity contribution is 5.79. The fraction of sp³-hybridized carbons (Fsp3) is 0.444. The van der Waals surface area contributed by atoms with Gasteiger partial charge in [0.25, 0.3) is 5.56 Å². The van der Waals surface area contributed by atoms with Gasteiger partial charge in [0.05, 0.1) is 6.61 Å². The van der Waals surface area contributed by atoms with Gasteiger partial charge in [-0.2, -0.15) is 0 Å². The van der Waals surface area contributed by atoms with Gasteiger partial charge in [-0.1, -0.05) is 11.6 Å². The lowest BCUT2D eigenvalue weighted by molar-refractivity contribution is 0.0777. The molecule has 6 nitrogen and oxygen atoms in total. The highest BCUT2D eigenvalue weighted by atomic mass is 16.6. The van der Waals surface area contributed by atoms with Gasteiger partial charge in [0.15, 0.2) is 0 Å². The Bertz CT molecular complexity index is 792. The van der Waals surface area contributed by atoms with E-state index in [-0.39, 0.29) is 11.7 Å². The van der Waals surface area contributed by atoms with Crippen molar-refractivity contribution in [1.29, 1.82) is 0 Å². The number of hydrogen-bond acceptors (Lipinski definition) is 4. The molecule has 1 fully saturated rings. The molecule has 1 aromatic carbocycles. The molecule has 0 bridgehead atoms. The van der Waals surface area contributed by atoms with Crippen LogP contribution in [0.15, 0.2) is 29.1 Å². The van der Waals surface area contributed by atoms with Crippen LogP contribution in [0.1, 0.15) is 18.1 Å². The average Bonchev–Trinajstić information content (AvgIpc) is 2.57. The normalized spacial score (nSPS) is 15.7. The fourth-order valence-electron chi connectivity index (χ4n) is 3.03. The van der Waals surface area contributed by atoms with Crippen LogP contribution in [0.4, 0.5) is 4.79 Å². The molecule has 24 heavy (non-hydrogen) atoms. The lowest BCUT2D eigenvalue weighted by atomic mass is 10.1. The summed E-state index contributed by atoms with van der Waals surface area (Å²) in [5.74, 6) is 0. The van der Waals surface area contributed by atoms with E-state index < -0.39 is 0 Å². The summed E-state index contributed by atoms with van der Waals surface area (Å²) in [5, 5.41) is 1.05. The van der Waals surface area contributed by atoms with E-state index in [2.05, 4.69) is 16.0 Å². The lowest BCUT2D eigenvalue weighted by Crippen LogP contribution is -2.48. The quantitative estimate of drug-likeness (QED) is 0.937. The van der Waals surface area contributed by atoms with E-state index in [1.807, 2.05) is 32.0 Å². The monoisotopic (exact) mass is 329 g/mol. The number of nitrogens with one attached hydrogen (secondary N) is 1. The molecule has 6 heteroatoms. The first kappa shape index (κ1) is 16.5. The minimum Gasteiger partial charge on any atom is -0.450 e. The fourth-order valence-corrected chi connectivity index (χ4v) is 3.03. The van der Waals surface area contributed by atoms with E-state index in [9.17, 15) is 9.59 Å². The Hall–Kier alpha value is -2.34.